The molecule has 72 valence electrons. The summed E-state index contributed by atoms with van der Waals surface area (Å²) in [5.41, 5.74) is -0.0487. The van der Waals surface area contributed by atoms with Crippen LogP contribution in [0.3, 0.4) is 0 Å². The van der Waals surface area contributed by atoms with Gasteiger partial charge in [-0.05, 0) is 6.42 Å². The molecule has 0 bridgehead atoms. The zero-order valence-corrected chi connectivity index (χ0v) is 7.32. The van der Waals surface area contributed by atoms with Gasteiger partial charge in [-0.15, -0.1) is 0 Å². The van der Waals surface area contributed by atoms with Crippen LogP contribution in [0.5, 0.6) is 0 Å². The molecule has 0 aliphatic carbocycles. The first-order chi connectivity index (χ1) is 6.24. The lowest BCUT2D eigenvalue weighted by molar-refractivity contribution is 0.0685. The molecule has 0 amide bonds. The van der Waals surface area contributed by atoms with E-state index < -0.39 is 5.97 Å². The Bertz CT molecular complexity index is 281. The minimum atomic E-state index is -1.07. The number of aryl methyl sites for hydroxylation is 1. The molecule has 0 aliphatic heterocycles. The third kappa shape index (κ3) is 2.87. The van der Waals surface area contributed by atoms with Crippen molar-refractivity contribution in [3.63, 3.8) is 0 Å². The highest BCUT2D eigenvalue weighted by Gasteiger charge is 2.09. The van der Waals surface area contributed by atoms with Crippen LogP contribution in [0.15, 0.2) is 10.6 Å². The zero-order chi connectivity index (χ0) is 9.68. The molecule has 1 N–H and O–H groups in total. The second-order valence-corrected chi connectivity index (χ2v) is 2.58. The lowest BCUT2D eigenvalue weighted by Gasteiger charge is -1.93. The Labute approximate surface area is 75.3 Å². The molecular formula is C8H11NO4. The summed E-state index contributed by atoms with van der Waals surface area (Å²) in [7, 11) is 1.61. The molecule has 1 aromatic heterocycles. The first kappa shape index (κ1) is 9.73. The maximum Gasteiger partial charge on any atom is 0.358 e. The lowest BCUT2D eigenvalue weighted by Crippen LogP contribution is -1.95. The minimum absolute atomic E-state index is 0.0487. The fourth-order valence-corrected chi connectivity index (χ4v) is 0.922. The molecule has 1 aromatic rings. The molecule has 1 rings (SSSR count). The average molecular weight is 185 g/mol. The van der Waals surface area contributed by atoms with Gasteiger partial charge in [0.1, 0.15) is 5.76 Å². The predicted octanol–water partition coefficient (Wildman–Crippen LogP) is 0.952. The van der Waals surface area contributed by atoms with E-state index in [1.54, 1.807) is 7.11 Å². The van der Waals surface area contributed by atoms with Gasteiger partial charge in [0.2, 0.25) is 0 Å². The smallest absolute Gasteiger partial charge is 0.358 e. The summed E-state index contributed by atoms with van der Waals surface area (Å²) in [4.78, 5) is 10.4. The fraction of sp³-hybridized carbons (Fsp3) is 0.500. The Morgan fingerprint density at radius 2 is 2.54 bits per heavy atom. The molecule has 1 heterocycles. The molecule has 5 nitrogen and oxygen atoms in total. The van der Waals surface area contributed by atoms with E-state index in [-0.39, 0.29) is 5.69 Å². The molecule has 0 unspecified atom stereocenters. The highest BCUT2D eigenvalue weighted by molar-refractivity contribution is 5.85. The number of carbonyl (C=O) groups is 1. The van der Waals surface area contributed by atoms with E-state index in [9.17, 15) is 4.79 Å². The van der Waals surface area contributed by atoms with Gasteiger partial charge >= 0.3 is 5.97 Å². The monoisotopic (exact) mass is 185 g/mol. The van der Waals surface area contributed by atoms with Crippen LogP contribution in [0.2, 0.25) is 0 Å². The summed E-state index contributed by atoms with van der Waals surface area (Å²) in [5.74, 6) is -0.490. The highest BCUT2D eigenvalue weighted by atomic mass is 16.5. The van der Waals surface area contributed by atoms with Gasteiger partial charge in [0, 0.05) is 26.2 Å². The number of carboxylic acids is 1. The molecular weight excluding hydrogens is 174 g/mol. The number of methoxy groups -OCH3 is 1. The molecule has 0 spiro atoms. The van der Waals surface area contributed by atoms with Gasteiger partial charge in [0.25, 0.3) is 0 Å². The van der Waals surface area contributed by atoms with Crippen molar-refractivity contribution in [2.24, 2.45) is 0 Å². The Kier molecular flexibility index (Phi) is 3.45. The molecule has 13 heavy (non-hydrogen) atoms. The third-order valence-corrected chi connectivity index (χ3v) is 1.55. The SMILES string of the molecule is COCCCc1cc(C(=O)O)no1. The molecule has 0 aliphatic rings. The van der Waals surface area contributed by atoms with Crippen molar-refractivity contribution in [3.05, 3.63) is 17.5 Å². The largest absolute Gasteiger partial charge is 0.476 e. The summed E-state index contributed by atoms with van der Waals surface area (Å²) in [6.45, 7) is 0.628. The number of rotatable bonds is 5. The van der Waals surface area contributed by atoms with Gasteiger partial charge in [-0.1, -0.05) is 5.16 Å². The first-order valence-corrected chi connectivity index (χ1v) is 3.92. The second-order valence-electron chi connectivity index (χ2n) is 2.58. The molecule has 0 saturated carbocycles. The quantitative estimate of drug-likeness (QED) is 0.691. The van der Waals surface area contributed by atoms with Crippen molar-refractivity contribution in [1.82, 2.24) is 5.16 Å². The van der Waals surface area contributed by atoms with Gasteiger partial charge < -0.3 is 14.4 Å². The van der Waals surface area contributed by atoms with Crippen molar-refractivity contribution in [3.8, 4) is 0 Å². The summed E-state index contributed by atoms with van der Waals surface area (Å²) in [6.07, 6.45) is 1.44. The van der Waals surface area contributed by atoms with Gasteiger partial charge in [0.15, 0.2) is 5.69 Å². The van der Waals surface area contributed by atoms with Crippen LogP contribution in [0.1, 0.15) is 22.7 Å². The molecule has 0 atom stereocenters. The Morgan fingerprint density at radius 3 is 3.08 bits per heavy atom. The predicted molar refractivity (Wildman–Crippen MR) is 43.7 cm³/mol. The van der Waals surface area contributed by atoms with Gasteiger partial charge in [-0.25, -0.2) is 4.79 Å². The average Bonchev–Trinajstić information content (AvgIpc) is 2.53. The van der Waals surface area contributed by atoms with E-state index in [0.29, 0.717) is 18.8 Å². The highest BCUT2D eigenvalue weighted by Crippen LogP contribution is 2.06. The number of carboxylic acid groups (broad SMARTS) is 1. The molecule has 0 aromatic carbocycles. The van der Waals surface area contributed by atoms with Gasteiger partial charge in [-0.3, -0.25) is 0 Å². The van der Waals surface area contributed by atoms with Crippen molar-refractivity contribution < 1.29 is 19.2 Å². The summed E-state index contributed by atoms with van der Waals surface area (Å²) < 4.78 is 9.63. The van der Waals surface area contributed by atoms with Crippen LogP contribution in [0.25, 0.3) is 0 Å². The first-order valence-electron chi connectivity index (χ1n) is 3.92. The summed E-state index contributed by atoms with van der Waals surface area (Å²) in [6, 6.07) is 1.43. The maximum absolute atomic E-state index is 10.4. The van der Waals surface area contributed by atoms with E-state index >= 15 is 0 Å². The van der Waals surface area contributed by atoms with Crippen molar-refractivity contribution in [1.29, 1.82) is 0 Å². The topological polar surface area (TPSA) is 72.6 Å². The van der Waals surface area contributed by atoms with Crippen molar-refractivity contribution in [2.75, 3.05) is 13.7 Å². The standard InChI is InChI=1S/C8H11NO4/c1-12-4-2-3-6-5-7(8(10)11)9-13-6/h5H,2-4H2,1H3,(H,10,11). The van der Waals surface area contributed by atoms with Crippen LogP contribution in [-0.2, 0) is 11.2 Å². The molecule has 0 saturated heterocycles. The second kappa shape index (κ2) is 4.61. The number of aromatic nitrogens is 1. The van der Waals surface area contributed by atoms with E-state index in [2.05, 4.69) is 5.16 Å². The van der Waals surface area contributed by atoms with E-state index in [0.717, 1.165) is 6.42 Å². The van der Waals surface area contributed by atoms with E-state index in [1.165, 1.54) is 6.07 Å². The molecule has 0 radical (unpaired) electrons. The summed E-state index contributed by atoms with van der Waals surface area (Å²) >= 11 is 0. The number of ether oxygens (including phenoxy) is 1. The van der Waals surface area contributed by atoms with E-state index in [4.69, 9.17) is 14.4 Å². The lowest BCUT2D eigenvalue weighted by atomic mass is 10.2. The zero-order valence-electron chi connectivity index (χ0n) is 7.32. The number of hydrogen-bond acceptors (Lipinski definition) is 4. The van der Waals surface area contributed by atoms with Crippen LogP contribution in [0.4, 0.5) is 0 Å². The Morgan fingerprint density at radius 1 is 1.77 bits per heavy atom. The number of aromatic carboxylic acids is 1. The Balaban J connectivity index is 2.44. The van der Waals surface area contributed by atoms with Gasteiger partial charge in [0.05, 0.1) is 0 Å². The van der Waals surface area contributed by atoms with Crippen molar-refractivity contribution >= 4 is 5.97 Å². The summed E-state index contributed by atoms with van der Waals surface area (Å²) in [5, 5.41) is 11.9. The van der Waals surface area contributed by atoms with Gasteiger partial charge in [-0.2, -0.15) is 0 Å². The Hall–Kier alpha value is -1.36. The van der Waals surface area contributed by atoms with Crippen LogP contribution >= 0.6 is 0 Å². The van der Waals surface area contributed by atoms with Crippen LogP contribution in [-0.4, -0.2) is 29.9 Å². The maximum atomic E-state index is 10.4. The number of hydrogen-bond donors (Lipinski definition) is 1. The number of nitrogens with zero attached hydrogens (tertiary/aromatic N) is 1. The fourth-order valence-electron chi connectivity index (χ4n) is 0.922. The van der Waals surface area contributed by atoms with Crippen molar-refractivity contribution in [2.45, 2.75) is 12.8 Å². The minimum Gasteiger partial charge on any atom is -0.476 e. The molecule has 5 heteroatoms. The third-order valence-electron chi connectivity index (χ3n) is 1.55. The van der Waals surface area contributed by atoms with Crippen LogP contribution in [0, 0.1) is 0 Å². The normalized spacial score (nSPS) is 10.2. The van der Waals surface area contributed by atoms with Crippen LogP contribution < -0.4 is 0 Å². The van der Waals surface area contributed by atoms with E-state index in [1.807, 2.05) is 0 Å². The molecule has 0 fully saturated rings.